The van der Waals surface area contributed by atoms with Gasteiger partial charge in [-0.2, -0.15) is 0 Å². The Kier molecular flexibility index (Phi) is 3.22. The first-order valence-electron chi connectivity index (χ1n) is 6.42. The summed E-state index contributed by atoms with van der Waals surface area (Å²) in [6.07, 6.45) is 1.45. The highest BCUT2D eigenvalue weighted by molar-refractivity contribution is 7.99. The van der Waals surface area contributed by atoms with Crippen LogP contribution in [0.2, 0.25) is 0 Å². The van der Waals surface area contributed by atoms with Gasteiger partial charge in [-0.05, 0) is 25.0 Å². The zero-order chi connectivity index (χ0) is 13.4. The number of carboxylic acids is 1. The van der Waals surface area contributed by atoms with Crippen molar-refractivity contribution in [2.24, 2.45) is 5.92 Å². The van der Waals surface area contributed by atoms with Gasteiger partial charge in [0.05, 0.1) is 11.5 Å². The fourth-order valence-corrected chi connectivity index (χ4v) is 3.96. The fourth-order valence-electron chi connectivity index (χ4n) is 2.76. The molecule has 2 aliphatic rings. The van der Waals surface area contributed by atoms with E-state index in [0.29, 0.717) is 18.5 Å². The Bertz CT molecular complexity index is 531. The van der Waals surface area contributed by atoms with E-state index in [2.05, 4.69) is 0 Å². The van der Waals surface area contributed by atoms with Gasteiger partial charge >= 0.3 is 5.97 Å². The molecule has 100 valence electrons. The monoisotopic (exact) mass is 277 g/mol. The van der Waals surface area contributed by atoms with E-state index < -0.39 is 11.9 Å². The largest absolute Gasteiger partial charge is 0.481 e. The van der Waals surface area contributed by atoms with E-state index in [0.717, 1.165) is 17.1 Å². The van der Waals surface area contributed by atoms with Crippen LogP contribution in [0.5, 0.6) is 0 Å². The van der Waals surface area contributed by atoms with Crippen LogP contribution in [-0.4, -0.2) is 40.2 Å². The highest BCUT2D eigenvalue weighted by Gasteiger charge is 2.37. The first-order valence-corrected chi connectivity index (χ1v) is 7.41. The number of carbonyl (C=O) groups is 2. The molecule has 0 saturated carbocycles. The number of piperidine rings is 1. The first kappa shape index (κ1) is 12.5. The molecule has 3 rings (SSSR count). The number of carbonyl (C=O) groups excluding carboxylic acids is 1. The molecule has 2 aliphatic heterocycles. The van der Waals surface area contributed by atoms with Crippen LogP contribution in [0.1, 0.15) is 23.2 Å². The number of hydrogen-bond donors (Lipinski definition) is 1. The summed E-state index contributed by atoms with van der Waals surface area (Å²) in [5.41, 5.74) is 0.709. The SMILES string of the molecule is O=C(O)C1CCC2CSc3ccccc3C(=O)N2C1. The second-order valence-corrected chi connectivity index (χ2v) is 6.09. The number of benzene rings is 1. The van der Waals surface area contributed by atoms with Crippen LogP contribution >= 0.6 is 11.8 Å². The average molecular weight is 277 g/mol. The van der Waals surface area contributed by atoms with E-state index >= 15 is 0 Å². The third-order valence-corrected chi connectivity index (χ3v) is 5.08. The Morgan fingerprint density at radius 3 is 2.89 bits per heavy atom. The van der Waals surface area contributed by atoms with Crippen molar-refractivity contribution >= 4 is 23.6 Å². The van der Waals surface area contributed by atoms with E-state index in [1.807, 2.05) is 24.3 Å². The smallest absolute Gasteiger partial charge is 0.308 e. The van der Waals surface area contributed by atoms with Crippen molar-refractivity contribution in [3.8, 4) is 0 Å². The summed E-state index contributed by atoms with van der Waals surface area (Å²) in [6.45, 7) is 0.341. The molecule has 0 bridgehead atoms. The van der Waals surface area contributed by atoms with Crippen molar-refractivity contribution in [2.45, 2.75) is 23.8 Å². The lowest BCUT2D eigenvalue weighted by Crippen LogP contribution is -2.49. The lowest BCUT2D eigenvalue weighted by atomic mass is 9.93. The predicted octanol–water partition coefficient (Wildman–Crippen LogP) is 2.10. The Morgan fingerprint density at radius 1 is 1.32 bits per heavy atom. The highest BCUT2D eigenvalue weighted by atomic mass is 32.2. The van der Waals surface area contributed by atoms with Gasteiger partial charge in [0, 0.05) is 23.2 Å². The molecule has 1 N–H and O–H groups in total. The molecule has 0 radical (unpaired) electrons. The number of hydrogen-bond acceptors (Lipinski definition) is 3. The molecule has 0 aromatic heterocycles. The van der Waals surface area contributed by atoms with Crippen molar-refractivity contribution in [2.75, 3.05) is 12.3 Å². The minimum Gasteiger partial charge on any atom is -0.481 e. The van der Waals surface area contributed by atoms with Crippen LogP contribution in [0, 0.1) is 5.92 Å². The summed E-state index contributed by atoms with van der Waals surface area (Å²) >= 11 is 1.70. The molecule has 0 spiro atoms. The number of amides is 1. The minimum absolute atomic E-state index is 0.0171. The van der Waals surface area contributed by atoms with Crippen molar-refractivity contribution in [3.63, 3.8) is 0 Å². The number of aliphatic carboxylic acids is 1. The molecule has 0 aliphatic carbocycles. The van der Waals surface area contributed by atoms with Gasteiger partial charge in [-0.1, -0.05) is 12.1 Å². The molecule has 5 heteroatoms. The molecular weight excluding hydrogens is 262 g/mol. The maximum Gasteiger partial charge on any atom is 0.308 e. The summed E-state index contributed by atoms with van der Waals surface area (Å²) in [5, 5.41) is 9.14. The van der Waals surface area contributed by atoms with Crippen molar-refractivity contribution < 1.29 is 14.7 Å². The molecule has 1 aromatic rings. The second-order valence-electron chi connectivity index (χ2n) is 5.03. The van der Waals surface area contributed by atoms with Crippen LogP contribution in [0.25, 0.3) is 0 Å². The van der Waals surface area contributed by atoms with E-state index in [1.165, 1.54) is 0 Å². The first-order chi connectivity index (χ1) is 9.16. The van der Waals surface area contributed by atoms with E-state index in [4.69, 9.17) is 5.11 Å². The van der Waals surface area contributed by atoms with Crippen LogP contribution in [-0.2, 0) is 4.79 Å². The van der Waals surface area contributed by atoms with E-state index in [1.54, 1.807) is 16.7 Å². The van der Waals surface area contributed by atoms with Gasteiger partial charge in [0.2, 0.25) is 0 Å². The molecule has 1 saturated heterocycles. The van der Waals surface area contributed by atoms with E-state index in [9.17, 15) is 9.59 Å². The Morgan fingerprint density at radius 2 is 2.11 bits per heavy atom. The Hall–Kier alpha value is -1.49. The molecular formula is C14H15NO3S. The standard InChI is InChI=1S/C14H15NO3S/c16-13-11-3-1-2-4-12(11)19-8-10-6-5-9(14(17)18)7-15(10)13/h1-4,9-10H,5-8H2,(H,17,18). The summed E-state index contributed by atoms with van der Waals surface area (Å²) in [6, 6.07) is 7.75. The number of carboxylic acid groups (broad SMARTS) is 1. The third kappa shape index (κ3) is 2.23. The van der Waals surface area contributed by atoms with Gasteiger partial charge in [-0.15, -0.1) is 11.8 Å². The summed E-state index contributed by atoms with van der Waals surface area (Å²) < 4.78 is 0. The zero-order valence-electron chi connectivity index (χ0n) is 10.4. The number of thioether (sulfide) groups is 1. The Balaban J connectivity index is 1.92. The topological polar surface area (TPSA) is 57.6 Å². The molecule has 2 heterocycles. The molecule has 1 amide bonds. The van der Waals surface area contributed by atoms with Crippen molar-refractivity contribution in [1.82, 2.24) is 4.90 Å². The number of rotatable bonds is 1. The fraction of sp³-hybridized carbons (Fsp3) is 0.429. The molecule has 2 unspecified atom stereocenters. The average Bonchev–Trinajstić information content (AvgIpc) is 2.57. The molecule has 1 aromatic carbocycles. The van der Waals surface area contributed by atoms with Crippen LogP contribution in [0.4, 0.5) is 0 Å². The zero-order valence-corrected chi connectivity index (χ0v) is 11.2. The quantitative estimate of drug-likeness (QED) is 0.854. The minimum atomic E-state index is -0.795. The van der Waals surface area contributed by atoms with Crippen LogP contribution < -0.4 is 0 Å². The molecule has 1 fully saturated rings. The van der Waals surface area contributed by atoms with Gasteiger partial charge in [0.25, 0.3) is 5.91 Å². The van der Waals surface area contributed by atoms with Crippen LogP contribution in [0.15, 0.2) is 29.2 Å². The highest BCUT2D eigenvalue weighted by Crippen LogP contribution is 2.34. The Labute approximate surface area is 115 Å². The van der Waals surface area contributed by atoms with Gasteiger partial charge in [0.1, 0.15) is 0 Å². The molecule has 19 heavy (non-hydrogen) atoms. The lowest BCUT2D eigenvalue weighted by molar-refractivity contribution is -0.143. The molecule has 4 nitrogen and oxygen atoms in total. The van der Waals surface area contributed by atoms with Gasteiger partial charge in [-0.3, -0.25) is 9.59 Å². The third-order valence-electron chi connectivity index (χ3n) is 3.87. The van der Waals surface area contributed by atoms with Crippen molar-refractivity contribution in [3.05, 3.63) is 29.8 Å². The maximum absolute atomic E-state index is 12.6. The summed E-state index contributed by atoms with van der Waals surface area (Å²) in [7, 11) is 0. The lowest BCUT2D eigenvalue weighted by Gasteiger charge is -2.37. The predicted molar refractivity (Wildman–Crippen MR) is 72.4 cm³/mol. The normalized spacial score (nSPS) is 26.3. The second kappa shape index (κ2) is 4.89. The molecule has 2 atom stereocenters. The number of nitrogens with zero attached hydrogens (tertiary/aromatic N) is 1. The number of fused-ring (bicyclic) bond motifs is 2. The van der Waals surface area contributed by atoms with E-state index in [-0.39, 0.29) is 11.9 Å². The van der Waals surface area contributed by atoms with Gasteiger partial charge < -0.3 is 10.0 Å². The van der Waals surface area contributed by atoms with Crippen LogP contribution in [0.3, 0.4) is 0 Å². The summed E-state index contributed by atoms with van der Waals surface area (Å²) in [5.74, 6) is -0.377. The maximum atomic E-state index is 12.6. The van der Waals surface area contributed by atoms with Crippen molar-refractivity contribution in [1.29, 1.82) is 0 Å². The summed E-state index contributed by atoms with van der Waals surface area (Å²) in [4.78, 5) is 26.5. The van der Waals surface area contributed by atoms with Gasteiger partial charge in [-0.25, -0.2) is 0 Å². The van der Waals surface area contributed by atoms with Gasteiger partial charge in [0.15, 0.2) is 0 Å².